The fourth-order valence-corrected chi connectivity index (χ4v) is 3.05. The van der Waals surface area contributed by atoms with Crippen LogP contribution in [0, 0.1) is 5.82 Å². The van der Waals surface area contributed by atoms with E-state index in [2.05, 4.69) is 0 Å². The zero-order valence-electron chi connectivity index (χ0n) is 11.4. The number of carbonyl (C=O) groups excluding carboxylic acids is 1. The molecule has 116 valence electrons. The average Bonchev–Trinajstić information content (AvgIpc) is 2.45. The molecule has 0 aliphatic carbocycles. The van der Waals surface area contributed by atoms with Crippen LogP contribution < -0.4 is 0 Å². The van der Waals surface area contributed by atoms with Crippen LogP contribution in [0.3, 0.4) is 0 Å². The highest BCUT2D eigenvalue weighted by molar-refractivity contribution is 8.13. The fourth-order valence-electron chi connectivity index (χ4n) is 2.29. The molecule has 0 radical (unpaired) electrons. The molecule has 0 aromatic heterocycles. The lowest BCUT2D eigenvalue weighted by Crippen LogP contribution is -2.40. The largest absolute Gasteiger partial charge is 0.381 e. The van der Waals surface area contributed by atoms with Crippen molar-refractivity contribution in [3.8, 4) is 0 Å². The van der Waals surface area contributed by atoms with Crippen molar-refractivity contribution >= 4 is 25.6 Å². The lowest BCUT2D eigenvalue weighted by atomic mass is 10.1. The Hall–Kier alpha value is -1.18. The molecule has 1 amide bonds. The molecule has 1 aromatic rings. The van der Waals surface area contributed by atoms with E-state index in [9.17, 15) is 17.6 Å². The van der Waals surface area contributed by atoms with Gasteiger partial charge in [-0.15, -0.1) is 0 Å². The van der Waals surface area contributed by atoms with Gasteiger partial charge < -0.3 is 9.64 Å². The number of benzene rings is 1. The molecule has 0 spiro atoms. The summed E-state index contributed by atoms with van der Waals surface area (Å²) in [6, 6.07) is 3.04. The first kappa shape index (κ1) is 16.2. The minimum atomic E-state index is -4.01. The highest BCUT2D eigenvalue weighted by Gasteiger charge is 2.26. The van der Waals surface area contributed by atoms with Gasteiger partial charge in [-0.3, -0.25) is 4.79 Å². The number of hydrogen-bond donors (Lipinski definition) is 0. The third kappa shape index (κ3) is 3.72. The number of ether oxygens (including phenoxy) is 1. The van der Waals surface area contributed by atoms with E-state index in [4.69, 9.17) is 15.4 Å². The van der Waals surface area contributed by atoms with Crippen molar-refractivity contribution < 1.29 is 22.3 Å². The van der Waals surface area contributed by atoms with E-state index in [1.54, 1.807) is 7.11 Å². The van der Waals surface area contributed by atoms with Crippen LogP contribution >= 0.6 is 10.7 Å². The molecule has 5 nitrogen and oxygen atoms in total. The van der Waals surface area contributed by atoms with E-state index in [0.29, 0.717) is 25.9 Å². The first-order chi connectivity index (χ1) is 9.82. The average molecular weight is 336 g/mol. The lowest BCUT2D eigenvalue weighted by Gasteiger charge is -2.31. The summed E-state index contributed by atoms with van der Waals surface area (Å²) >= 11 is 0. The number of hydrogen-bond acceptors (Lipinski definition) is 4. The quantitative estimate of drug-likeness (QED) is 0.793. The second-order valence-corrected chi connectivity index (χ2v) is 7.37. The van der Waals surface area contributed by atoms with Gasteiger partial charge in [0, 0.05) is 30.9 Å². The molecule has 1 aromatic carbocycles. The molecule has 1 heterocycles. The van der Waals surface area contributed by atoms with Crippen molar-refractivity contribution in [3.05, 3.63) is 29.6 Å². The highest BCUT2D eigenvalue weighted by atomic mass is 35.7. The Labute approximate surface area is 127 Å². The normalized spacial score (nSPS) is 17.0. The highest BCUT2D eigenvalue weighted by Crippen LogP contribution is 2.21. The van der Waals surface area contributed by atoms with Crippen molar-refractivity contribution in [1.29, 1.82) is 0 Å². The van der Waals surface area contributed by atoms with Gasteiger partial charge in [0.2, 0.25) is 0 Å². The summed E-state index contributed by atoms with van der Waals surface area (Å²) in [6.45, 7) is 0.957. The van der Waals surface area contributed by atoms with Gasteiger partial charge in [-0.1, -0.05) is 0 Å². The molecule has 1 aliphatic heterocycles. The van der Waals surface area contributed by atoms with Crippen LogP contribution in [0.15, 0.2) is 23.1 Å². The molecule has 21 heavy (non-hydrogen) atoms. The number of rotatable bonds is 3. The minimum Gasteiger partial charge on any atom is -0.381 e. The maximum atomic E-state index is 13.9. The van der Waals surface area contributed by atoms with Gasteiger partial charge in [0.15, 0.2) is 0 Å². The summed E-state index contributed by atoms with van der Waals surface area (Å²) < 4.78 is 41.4. The Kier molecular flexibility index (Phi) is 4.85. The molecule has 8 heteroatoms. The summed E-state index contributed by atoms with van der Waals surface area (Å²) in [5.74, 6) is -1.35. The van der Waals surface area contributed by atoms with Crippen molar-refractivity contribution in [2.75, 3.05) is 20.2 Å². The molecule has 0 bridgehead atoms. The molecule has 0 unspecified atom stereocenters. The molecule has 0 N–H and O–H groups in total. The second kappa shape index (κ2) is 6.29. The van der Waals surface area contributed by atoms with Crippen LogP contribution in [0.25, 0.3) is 0 Å². The summed E-state index contributed by atoms with van der Waals surface area (Å²) in [4.78, 5) is 13.4. The van der Waals surface area contributed by atoms with Crippen LogP contribution in [0.1, 0.15) is 23.2 Å². The number of halogens is 2. The molecule has 1 fully saturated rings. The monoisotopic (exact) mass is 335 g/mol. The van der Waals surface area contributed by atoms with Gasteiger partial charge in [0.1, 0.15) is 5.82 Å². The third-order valence-corrected chi connectivity index (χ3v) is 4.87. The number of likely N-dealkylation sites (tertiary alicyclic amines) is 1. The van der Waals surface area contributed by atoms with E-state index in [0.717, 1.165) is 18.2 Å². The fraction of sp³-hybridized carbons (Fsp3) is 0.462. The van der Waals surface area contributed by atoms with Gasteiger partial charge in [-0.25, -0.2) is 12.8 Å². The van der Waals surface area contributed by atoms with Crippen LogP contribution in [0.2, 0.25) is 0 Å². The molecule has 0 atom stereocenters. The predicted molar refractivity (Wildman–Crippen MR) is 75.4 cm³/mol. The molecule has 2 rings (SSSR count). The number of amides is 1. The van der Waals surface area contributed by atoms with Crippen molar-refractivity contribution in [2.45, 2.75) is 23.8 Å². The van der Waals surface area contributed by atoms with E-state index in [1.165, 1.54) is 4.90 Å². The Bertz CT molecular complexity index is 642. The number of carbonyl (C=O) groups is 1. The molecular formula is C13H15ClFNO4S. The minimum absolute atomic E-state index is 0.114. The summed E-state index contributed by atoms with van der Waals surface area (Å²) in [5, 5.41) is 0. The predicted octanol–water partition coefficient (Wildman–Crippen LogP) is 2.00. The van der Waals surface area contributed by atoms with Crippen molar-refractivity contribution in [3.63, 3.8) is 0 Å². The van der Waals surface area contributed by atoms with Crippen LogP contribution in [0.4, 0.5) is 4.39 Å². The van der Waals surface area contributed by atoms with E-state index < -0.39 is 20.8 Å². The number of nitrogens with zero attached hydrogens (tertiary/aromatic N) is 1. The smallest absolute Gasteiger partial charge is 0.261 e. The summed E-state index contributed by atoms with van der Waals surface area (Å²) in [7, 11) is 2.75. The Balaban J connectivity index is 2.17. The summed E-state index contributed by atoms with van der Waals surface area (Å²) in [5.41, 5.74) is -0.157. The first-order valence-corrected chi connectivity index (χ1v) is 8.70. The van der Waals surface area contributed by atoms with Gasteiger partial charge in [0.25, 0.3) is 15.0 Å². The van der Waals surface area contributed by atoms with E-state index >= 15 is 0 Å². The van der Waals surface area contributed by atoms with Crippen LogP contribution in [-0.2, 0) is 13.8 Å². The Morgan fingerprint density at radius 2 is 2.00 bits per heavy atom. The van der Waals surface area contributed by atoms with E-state index in [-0.39, 0.29) is 16.6 Å². The van der Waals surface area contributed by atoms with Gasteiger partial charge in [-0.2, -0.15) is 0 Å². The van der Waals surface area contributed by atoms with Crippen LogP contribution in [0.5, 0.6) is 0 Å². The van der Waals surface area contributed by atoms with Gasteiger partial charge in [0.05, 0.1) is 16.6 Å². The Morgan fingerprint density at radius 3 is 2.48 bits per heavy atom. The standard InChI is InChI=1S/C13H15ClFNO4S/c1-20-9-4-6-16(7-5-9)13(17)11-3-2-10(8-12(11)15)21(14,18)19/h2-3,8-9H,4-7H2,1H3. The van der Waals surface area contributed by atoms with Crippen LogP contribution in [-0.4, -0.2) is 45.5 Å². The zero-order valence-corrected chi connectivity index (χ0v) is 13.0. The molecule has 1 saturated heterocycles. The second-order valence-electron chi connectivity index (χ2n) is 4.81. The maximum absolute atomic E-state index is 13.9. The summed E-state index contributed by atoms with van der Waals surface area (Å²) in [6.07, 6.45) is 1.50. The maximum Gasteiger partial charge on any atom is 0.261 e. The zero-order chi connectivity index (χ0) is 15.6. The first-order valence-electron chi connectivity index (χ1n) is 6.39. The van der Waals surface area contributed by atoms with Gasteiger partial charge >= 0.3 is 0 Å². The number of methoxy groups -OCH3 is 1. The number of piperidine rings is 1. The molecule has 1 aliphatic rings. The van der Waals surface area contributed by atoms with Crippen molar-refractivity contribution in [2.24, 2.45) is 0 Å². The van der Waals surface area contributed by atoms with E-state index in [1.807, 2.05) is 0 Å². The topological polar surface area (TPSA) is 63.7 Å². The molecular weight excluding hydrogens is 321 g/mol. The lowest BCUT2D eigenvalue weighted by molar-refractivity contribution is 0.0348. The molecule has 0 saturated carbocycles. The van der Waals surface area contributed by atoms with Crippen molar-refractivity contribution in [1.82, 2.24) is 4.90 Å². The third-order valence-electron chi connectivity index (χ3n) is 3.52. The van der Waals surface area contributed by atoms with Gasteiger partial charge in [-0.05, 0) is 31.0 Å². The Morgan fingerprint density at radius 1 is 1.38 bits per heavy atom. The SMILES string of the molecule is COC1CCN(C(=O)c2ccc(S(=O)(=O)Cl)cc2F)CC1.